The molecule has 0 aliphatic carbocycles. The molecule has 0 spiro atoms. The number of anilines is 1. The van der Waals surface area contributed by atoms with E-state index >= 15 is 0 Å². The molecule has 0 aliphatic heterocycles. The van der Waals surface area contributed by atoms with Crippen LogP contribution in [0.15, 0.2) is 21.6 Å². The maximum Gasteiger partial charge on any atom is 0.274 e. The van der Waals surface area contributed by atoms with Gasteiger partial charge in [-0.3, -0.25) is 14.4 Å². The van der Waals surface area contributed by atoms with Crippen LogP contribution in [0.2, 0.25) is 0 Å². The molecule has 0 atom stereocenters. The highest BCUT2D eigenvalue weighted by molar-refractivity contribution is 6.06. The van der Waals surface area contributed by atoms with Crippen molar-refractivity contribution in [2.75, 3.05) is 18.4 Å². The van der Waals surface area contributed by atoms with Gasteiger partial charge in [-0.2, -0.15) is 0 Å². The van der Waals surface area contributed by atoms with Crippen LogP contribution in [0, 0.1) is 13.8 Å². The van der Waals surface area contributed by atoms with Gasteiger partial charge in [0, 0.05) is 26.3 Å². The lowest BCUT2D eigenvalue weighted by atomic mass is 10.1. The monoisotopic (exact) mass is 374 g/mol. The average Bonchev–Trinajstić information content (AvgIpc) is 2.96. The van der Waals surface area contributed by atoms with Crippen LogP contribution in [0.25, 0.3) is 0 Å². The second kappa shape index (κ2) is 8.66. The normalized spacial score (nSPS) is 10.7. The van der Waals surface area contributed by atoms with Gasteiger partial charge in [0.2, 0.25) is 0 Å². The van der Waals surface area contributed by atoms with Crippen molar-refractivity contribution < 1.29 is 14.1 Å². The van der Waals surface area contributed by atoms with Crippen LogP contribution in [0.3, 0.4) is 0 Å². The number of carbonyl (C=O) groups excluding carboxylic acids is 2. The number of amides is 2. The van der Waals surface area contributed by atoms with Crippen molar-refractivity contribution in [3.8, 4) is 0 Å². The predicted octanol–water partition coefficient (Wildman–Crippen LogP) is 2.50. The second-order valence-corrected chi connectivity index (χ2v) is 6.50. The summed E-state index contributed by atoms with van der Waals surface area (Å²) in [4.78, 5) is 39.6. The van der Waals surface area contributed by atoms with Crippen LogP contribution in [0.4, 0.5) is 5.69 Å². The molecule has 0 fully saturated rings. The van der Waals surface area contributed by atoms with Crippen molar-refractivity contribution in [2.45, 2.75) is 40.5 Å². The molecule has 0 aromatic carbocycles. The van der Waals surface area contributed by atoms with E-state index in [1.807, 2.05) is 13.8 Å². The van der Waals surface area contributed by atoms with E-state index in [2.05, 4.69) is 10.5 Å². The second-order valence-electron chi connectivity index (χ2n) is 6.50. The number of hydrogen-bond acceptors (Lipinski definition) is 5. The van der Waals surface area contributed by atoms with Crippen molar-refractivity contribution in [3.05, 3.63) is 45.2 Å². The van der Waals surface area contributed by atoms with Crippen LogP contribution in [0.5, 0.6) is 0 Å². The minimum atomic E-state index is -0.494. The van der Waals surface area contributed by atoms with Gasteiger partial charge in [0.15, 0.2) is 0 Å². The van der Waals surface area contributed by atoms with Crippen LogP contribution in [-0.4, -0.2) is 39.5 Å². The minimum absolute atomic E-state index is 0.0429. The highest BCUT2D eigenvalue weighted by atomic mass is 16.5. The summed E-state index contributed by atoms with van der Waals surface area (Å²) in [6.45, 7) is 8.56. The Kier molecular flexibility index (Phi) is 6.55. The molecule has 0 radical (unpaired) electrons. The Bertz CT molecular complexity index is 872. The number of hydrogen-bond donors (Lipinski definition) is 1. The molecular weight excluding hydrogens is 348 g/mol. The van der Waals surface area contributed by atoms with Crippen molar-refractivity contribution >= 4 is 17.5 Å². The van der Waals surface area contributed by atoms with Crippen molar-refractivity contribution in [2.24, 2.45) is 7.05 Å². The Morgan fingerprint density at radius 3 is 2.37 bits per heavy atom. The number of aryl methyl sites for hydroxylation is 3. The van der Waals surface area contributed by atoms with Gasteiger partial charge < -0.3 is 19.3 Å². The summed E-state index contributed by atoms with van der Waals surface area (Å²) >= 11 is 0. The number of rotatable bonds is 7. The van der Waals surface area contributed by atoms with Gasteiger partial charge in [-0.05, 0) is 32.8 Å². The van der Waals surface area contributed by atoms with E-state index in [0.717, 1.165) is 12.8 Å². The zero-order valence-corrected chi connectivity index (χ0v) is 16.5. The highest BCUT2D eigenvalue weighted by Crippen LogP contribution is 2.15. The van der Waals surface area contributed by atoms with E-state index < -0.39 is 11.5 Å². The fourth-order valence-corrected chi connectivity index (χ4v) is 2.95. The first kappa shape index (κ1) is 20.4. The molecule has 8 nitrogen and oxygen atoms in total. The van der Waals surface area contributed by atoms with Crippen LogP contribution in [-0.2, 0) is 7.05 Å². The summed E-state index contributed by atoms with van der Waals surface area (Å²) in [5.74, 6) is -0.291. The standard InChI is InChI=1S/C19H26N4O4/c1-6-8-23(9-7-2)18(25)14-10-15(19(26)22(5)11-14)20-17(24)16-12(3)21-27-13(16)4/h10-11H,6-9H2,1-5H3,(H,20,24). The van der Waals surface area contributed by atoms with Gasteiger partial charge in [-0.1, -0.05) is 19.0 Å². The van der Waals surface area contributed by atoms with Crippen LogP contribution >= 0.6 is 0 Å². The predicted molar refractivity (Wildman–Crippen MR) is 102 cm³/mol. The Labute approximate surface area is 158 Å². The molecule has 2 aromatic heterocycles. The molecule has 2 aromatic rings. The van der Waals surface area contributed by atoms with Gasteiger partial charge in [-0.25, -0.2) is 0 Å². The first-order valence-electron chi connectivity index (χ1n) is 9.04. The SMILES string of the molecule is CCCN(CCC)C(=O)c1cc(NC(=O)c2c(C)noc2C)c(=O)n(C)c1. The zero-order chi connectivity index (χ0) is 20.1. The van der Waals surface area contributed by atoms with Crippen molar-refractivity contribution in [1.29, 1.82) is 0 Å². The lowest BCUT2D eigenvalue weighted by Gasteiger charge is -2.22. The third-order valence-corrected chi connectivity index (χ3v) is 4.21. The summed E-state index contributed by atoms with van der Waals surface area (Å²) in [5.41, 5.74) is 0.719. The Balaban J connectivity index is 2.37. The highest BCUT2D eigenvalue weighted by Gasteiger charge is 2.21. The third kappa shape index (κ3) is 4.45. The Hall–Kier alpha value is -2.90. The molecule has 0 saturated carbocycles. The minimum Gasteiger partial charge on any atom is -0.361 e. The molecule has 2 amide bonds. The van der Waals surface area contributed by atoms with E-state index in [0.29, 0.717) is 30.1 Å². The van der Waals surface area contributed by atoms with Gasteiger partial charge in [-0.15, -0.1) is 0 Å². The fourth-order valence-electron chi connectivity index (χ4n) is 2.95. The molecule has 0 unspecified atom stereocenters. The largest absolute Gasteiger partial charge is 0.361 e. The van der Waals surface area contributed by atoms with E-state index in [4.69, 9.17) is 4.52 Å². The van der Waals surface area contributed by atoms with Gasteiger partial charge in [0.25, 0.3) is 17.4 Å². The average molecular weight is 374 g/mol. The van der Waals surface area contributed by atoms with E-state index in [1.165, 1.54) is 16.8 Å². The lowest BCUT2D eigenvalue weighted by molar-refractivity contribution is 0.0754. The first-order chi connectivity index (χ1) is 12.8. The number of nitrogens with one attached hydrogen (secondary N) is 1. The quantitative estimate of drug-likeness (QED) is 0.803. The topological polar surface area (TPSA) is 97.4 Å². The van der Waals surface area contributed by atoms with E-state index in [1.54, 1.807) is 25.8 Å². The molecule has 2 rings (SSSR count). The smallest absolute Gasteiger partial charge is 0.274 e. The van der Waals surface area contributed by atoms with Crippen LogP contribution in [0.1, 0.15) is 58.9 Å². The number of carbonyl (C=O) groups is 2. The lowest BCUT2D eigenvalue weighted by Crippen LogP contribution is -2.34. The summed E-state index contributed by atoms with van der Waals surface area (Å²) in [6.07, 6.45) is 3.18. The van der Waals surface area contributed by atoms with Crippen molar-refractivity contribution in [1.82, 2.24) is 14.6 Å². The zero-order valence-electron chi connectivity index (χ0n) is 16.5. The summed E-state index contributed by atoms with van der Waals surface area (Å²) in [7, 11) is 1.55. The molecule has 1 N–H and O–H groups in total. The molecule has 146 valence electrons. The fraction of sp³-hybridized carbons (Fsp3) is 0.474. The maximum absolute atomic E-state index is 12.8. The van der Waals surface area contributed by atoms with Crippen LogP contribution < -0.4 is 10.9 Å². The van der Waals surface area contributed by atoms with E-state index in [-0.39, 0.29) is 17.2 Å². The number of nitrogens with zero attached hydrogens (tertiary/aromatic N) is 3. The first-order valence-corrected chi connectivity index (χ1v) is 9.04. The molecular formula is C19H26N4O4. The summed E-state index contributed by atoms with van der Waals surface area (Å²) in [6, 6.07) is 1.43. The Morgan fingerprint density at radius 2 is 1.85 bits per heavy atom. The molecule has 27 heavy (non-hydrogen) atoms. The maximum atomic E-state index is 12.8. The summed E-state index contributed by atoms with van der Waals surface area (Å²) in [5, 5.41) is 6.34. The molecule has 0 bridgehead atoms. The third-order valence-electron chi connectivity index (χ3n) is 4.21. The van der Waals surface area contributed by atoms with Gasteiger partial charge in [0.1, 0.15) is 17.0 Å². The van der Waals surface area contributed by atoms with Gasteiger partial charge in [0.05, 0.1) is 11.3 Å². The van der Waals surface area contributed by atoms with E-state index in [9.17, 15) is 14.4 Å². The summed E-state index contributed by atoms with van der Waals surface area (Å²) < 4.78 is 6.30. The number of aromatic nitrogens is 2. The Morgan fingerprint density at radius 1 is 1.22 bits per heavy atom. The molecule has 8 heteroatoms. The molecule has 2 heterocycles. The van der Waals surface area contributed by atoms with Gasteiger partial charge >= 0.3 is 0 Å². The molecule has 0 aliphatic rings. The molecule has 0 saturated heterocycles. The van der Waals surface area contributed by atoms with Crippen molar-refractivity contribution in [3.63, 3.8) is 0 Å². The number of pyridine rings is 1.